The molecule has 168 valence electrons. The first kappa shape index (κ1) is 23.4. The molecule has 0 unspecified atom stereocenters. The van der Waals surface area contributed by atoms with Crippen LogP contribution in [0, 0.1) is 5.41 Å². The van der Waals surface area contributed by atoms with Crippen LogP contribution in [0.1, 0.15) is 25.8 Å². The Kier molecular flexibility index (Phi) is 7.13. The predicted octanol–water partition coefficient (Wildman–Crippen LogP) is 2.66. The van der Waals surface area contributed by atoms with Gasteiger partial charge in [0.25, 0.3) is 10.2 Å². The van der Waals surface area contributed by atoms with Crippen molar-refractivity contribution in [3.05, 3.63) is 54.4 Å². The van der Waals surface area contributed by atoms with E-state index in [1.54, 1.807) is 6.20 Å². The normalized spacial score (nSPS) is 19.6. The topological polar surface area (TPSA) is 73.8 Å². The van der Waals surface area contributed by atoms with Crippen LogP contribution in [0.25, 0.3) is 11.1 Å². The maximum atomic E-state index is 13.6. The third kappa shape index (κ3) is 4.81. The van der Waals surface area contributed by atoms with Crippen molar-refractivity contribution in [2.75, 3.05) is 40.3 Å². The Hall–Kier alpha value is -2.29. The van der Waals surface area contributed by atoms with E-state index >= 15 is 0 Å². The third-order valence-corrected chi connectivity index (χ3v) is 7.96. The molecule has 0 aliphatic carbocycles. The van der Waals surface area contributed by atoms with E-state index in [1.807, 2.05) is 55.3 Å². The fraction of sp³-hybridized carbons (Fsp3) is 0.478. The summed E-state index contributed by atoms with van der Waals surface area (Å²) in [6, 6.07) is 12.0. The zero-order chi connectivity index (χ0) is 22.6. The molecule has 0 bridgehead atoms. The average Bonchev–Trinajstić information content (AvgIpc) is 3.21. The second kappa shape index (κ2) is 9.46. The SMILES string of the molecule is CCN(CC)C(=O)[C@@]1(Cc2cccc(-c3cccnc3)c2)CCN(S(=O)(=O)N(C)C)C1. The van der Waals surface area contributed by atoms with Crippen LogP contribution in [0.2, 0.25) is 0 Å². The Morgan fingerprint density at radius 2 is 1.84 bits per heavy atom. The number of hydrogen-bond acceptors (Lipinski definition) is 4. The van der Waals surface area contributed by atoms with Crippen LogP contribution in [0.4, 0.5) is 0 Å². The van der Waals surface area contributed by atoms with Gasteiger partial charge in [-0.25, -0.2) is 0 Å². The van der Waals surface area contributed by atoms with Gasteiger partial charge in [-0.15, -0.1) is 0 Å². The average molecular weight is 445 g/mol. The van der Waals surface area contributed by atoms with Gasteiger partial charge in [-0.1, -0.05) is 30.3 Å². The van der Waals surface area contributed by atoms with Gasteiger partial charge in [0.2, 0.25) is 5.91 Å². The summed E-state index contributed by atoms with van der Waals surface area (Å²) in [7, 11) is -0.523. The standard InChI is InChI=1S/C23H32N4O3S/c1-5-26(6-2)22(28)23(12-14-27(18-23)31(29,30)25(3)4)16-19-9-7-10-20(15-19)21-11-8-13-24-17-21/h7-11,13,15,17H,5-6,12,14,16,18H2,1-4H3/t23-/m1/s1. The number of rotatable bonds is 8. The quantitative estimate of drug-likeness (QED) is 0.627. The summed E-state index contributed by atoms with van der Waals surface area (Å²) >= 11 is 0. The van der Waals surface area contributed by atoms with Crippen LogP contribution in [0.15, 0.2) is 48.8 Å². The zero-order valence-corrected chi connectivity index (χ0v) is 19.6. The Morgan fingerprint density at radius 1 is 1.13 bits per heavy atom. The van der Waals surface area contributed by atoms with Gasteiger partial charge in [0.05, 0.1) is 5.41 Å². The molecule has 2 heterocycles. The molecular weight excluding hydrogens is 412 g/mol. The lowest BCUT2D eigenvalue weighted by molar-refractivity contribution is -0.141. The Morgan fingerprint density at radius 3 is 2.45 bits per heavy atom. The first-order valence-electron chi connectivity index (χ1n) is 10.7. The van der Waals surface area contributed by atoms with Crippen LogP contribution in [-0.2, 0) is 21.4 Å². The largest absolute Gasteiger partial charge is 0.343 e. The van der Waals surface area contributed by atoms with Gasteiger partial charge in [-0.3, -0.25) is 9.78 Å². The van der Waals surface area contributed by atoms with Gasteiger partial charge in [-0.05, 0) is 49.4 Å². The van der Waals surface area contributed by atoms with E-state index in [0.717, 1.165) is 16.7 Å². The molecule has 1 saturated heterocycles. The van der Waals surface area contributed by atoms with E-state index in [0.29, 0.717) is 32.5 Å². The highest BCUT2D eigenvalue weighted by atomic mass is 32.2. The molecule has 31 heavy (non-hydrogen) atoms. The number of benzene rings is 1. The van der Waals surface area contributed by atoms with Gasteiger partial charge < -0.3 is 4.90 Å². The Bertz CT molecular complexity index is 1010. The van der Waals surface area contributed by atoms with E-state index < -0.39 is 15.6 Å². The first-order valence-corrected chi connectivity index (χ1v) is 12.1. The number of carbonyl (C=O) groups excluding carboxylic acids is 1. The van der Waals surface area contributed by atoms with Gasteiger partial charge in [0.15, 0.2) is 0 Å². The lowest BCUT2D eigenvalue weighted by Gasteiger charge is -2.34. The summed E-state index contributed by atoms with van der Waals surface area (Å²) in [6.07, 6.45) is 4.56. The van der Waals surface area contributed by atoms with Gasteiger partial charge in [0, 0.05) is 52.7 Å². The second-order valence-corrected chi connectivity index (χ2v) is 10.4. The highest BCUT2D eigenvalue weighted by Crippen LogP contribution is 2.38. The maximum absolute atomic E-state index is 13.6. The Labute approximate surface area is 185 Å². The minimum Gasteiger partial charge on any atom is -0.343 e. The molecule has 8 heteroatoms. The molecule has 1 amide bonds. The predicted molar refractivity (Wildman–Crippen MR) is 123 cm³/mol. The van der Waals surface area contributed by atoms with Crippen molar-refractivity contribution in [2.45, 2.75) is 26.7 Å². The summed E-state index contributed by atoms with van der Waals surface area (Å²) in [5, 5.41) is 0. The van der Waals surface area contributed by atoms with E-state index in [-0.39, 0.29) is 12.5 Å². The van der Waals surface area contributed by atoms with Crippen molar-refractivity contribution in [1.82, 2.24) is 18.5 Å². The van der Waals surface area contributed by atoms with Gasteiger partial charge in [-0.2, -0.15) is 17.0 Å². The van der Waals surface area contributed by atoms with Crippen LogP contribution in [0.3, 0.4) is 0 Å². The number of hydrogen-bond donors (Lipinski definition) is 0. The number of carbonyl (C=O) groups is 1. The van der Waals surface area contributed by atoms with Crippen molar-refractivity contribution in [3.8, 4) is 11.1 Å². The van der Waals surface area contributed by atoms with E-state index in [9.17, 15) is 13.2 Å². The highest BCUT2D eigenvalue weighted by Gasteiger charge is 2.49. The summed E-state index contributed by atoms with van der Waals surface area (Å²) < 4.78 is 28.2. The highest BCUT2D eigenvalue weighted by molar-refractivity contribution is 7.86. The molecule has 3 rings (SSSR count). The van der Waals surface area contributed by atoms with Crippen LogP contribution < -0.4 is 0 Å². The lowest BCUT2D eigenvalue weighted by atomic mass is 9.79. The molecule has 0 radical (unpaired) electrons. The van der Waals surface area contributed by atoms with Crippen molar-refractivity contribution in [3.63, 3.8) is 0 Å². The minimum atomic E-state index is -3.58. The molecule has 0 N–H and O–H groups in total. The van der Waals surface area contributed by atoms with Crippen molar-refractivity contribution in [2.24, 2.45) is 5.41 Å². The molecule has 1 aliphatic heterocycles. The number of amides is 1. The molecule has 1 fully saturated rings. The van der Waals surface area contributed by atoms with Crippen molar-refractivity contribution >= 4 is 16.1 Å². The molecule has 1 atom stereocenters. The molecule has 7 nitrogen and oxygen atoms in total. The third-order valence-electron chi connectivity index (χ3n) is 6.08. The second-order valence-electron chi connectivity index (χ2n) is 8.25. The summed E-state index contributed by atoms with van der Waals surface area (Å²) in [4.78, 5) is 19.6. The summed E-state index contributed by atoms with van der Waals surface area (Å²) in [5.41, 5.74) is 2.29. The fourth-order valence-electron chi connectivity index (χ4n) is 4.29. The molecule has 2 aromatic rings. The smallest absolute Gasteiger partial charge is 0.281 e. The van der Waals surface area contributed by atoms with Gasteiger partial charge in [0.1, 0.15) is 0 Å². The van der Waals surface area contributed by atoms with Crippen LogP contribution in [-0.4, -0.2) is 73.1 Å². The molecule has 1 aromatic heterocycles. The van der Waals surface area contributed by atoms with Crippen molar-refractivity contribution in [1.29, 1.82) is 0 Å². The van der Waals surface area contributed by atoms with E-state index in [2.05, 4.69) is 11.1 Å². The zero-order valence-electron chi connectivity index (χ0n) is 18.8. The van der Waals surface area contributed by atoms with Crippen LogP contribution >= 0.6 is 0 Å². The monoisotopic (exact) mass is 444 g/mol. The van der Waals surface area contributed by atoms with Gasteiger partial charge >= 0.3 is 0 Å². The molecule has 1 aliphatic rings. The van der Waals surface area contributed by atoms with Crippen LogP contribution in [0.5, 0.6) is 0 Å². The lowest BCUT2D eigenvalue weighted by Crippen LogP contribution is -2.48. The molecule has 0 spiro atoms. The maximum Gasteiger partial charge on any atom is 0.281 e. The fourth-order valence-corrected chi connectivity index (χ4v) is 5.48. The number of nitrogens with zero attached hydrogens (tertiary/aromatic N) is 4. The van der Waals surface area contributed by atoms with E-state index in [1.165, 1.54) is 22.7 Å². The summed E-state index contributed by atoms with van der Waals surface area (Å²) in [6.45, 7) is 5.67. The van der Waals surface area contributed by atoms with E-state index in [4.69, 9.17) is 0 Å². The first-order chi connectivity index (χ1) is 14.7. The number of aromatic nitrogens is 1. The minimum absolute atomic E-state index is 0.0285. The molecule has 1 aromatic carbocycles. The summed E-state index contributed by atoms with van der Waals surface area (Å²) in [5.74, 6) is 0.0285. The molecular formula is C23H32N4O3S. The van der Waals surface area contributed by atoms with Crippen molar-refractivity contribution < 1.29 is 13.2 Å². The molecule has 0 saturated carbocycles. The number of pyridine rings is 1. The Balaban J connectivity index is 1.96.